The molecule has 0 aliphatic heterocycles. The molecule has 372 valence electrons. The molecular weight excluding hydrogens is 967 g/mol. The first kappa shape index (κ1) is 51.5. The molecule has 0 unspecified atom stereocenters. The number of halogens is 6. The maximum atomic E-state index is 13.5. The summed E-state index contributed by atoms with van der Waals surface area (Å²) in [7, 11) is 0. The number of carbonyl (C=O) groups is 1. The topological polar surface area (TPSA) is 229 Å². The molecule has 0 bridgehead atoms. The summed E-state index contributed by atoms with van der Waals surface area (Å²) in [5.41, 5.74) is -2.89. The Bertz CT molecular complexity index is 3720. The Morgan fingerprint density at radius 2 is 0.986 bits per heavy atom. The van der Waals surface area contributed by atoms with Gasteiger partial charge in [0, 0.05) is 31.1 Å². The fourth-order valence-electron chi connectivity index (χ4n) is 7.93. The zero-order valence-corrected chi connectivity index (χ0v) is 38.3. The van der Waals surface area contributed by atoms with Crippen LogP contribution in [0.25, 0.3) is 45.3 Å². The van der Waals surface area contributed by atoms with Crippen molar-refractivity contribution >= 4 is 5.97 Å². The van der Waals surface area contributed by atoms with Crippen LogP contribution in [0, 0.1) is 36.5 Å². The van der Waals surface area contributed by atoms with E-state index >= 15 is 0 Å². The van der Waals surface area contributed by atoms with Gasteiger partial charge in [0.15, 0.2) is 0 Å². The highest BCUT2D eigenvalue weighted by atomic mass is 19.4. The van der Waals surface area contributed by atoms with Crippen LogP contribution in [0.15, 0.2) is 141 Å². The van der Waals surface area contributed by atoms with E-state index in [0.29, 0.717) is 32.8 Å². The first-order valence-corrected chi connectivity index (χ1v) is 21.7. The van der Waals surface area contributed by atoms with E-state index in [0.717, 1.165) is 44.0 Å². The molecular formula is C50H38F6N10O7. The number of aliphatic carboxylic acids is 1. The number of hydrogen-bond acceptors (Lipinski definition) is 10. The van der Waals surface area contributed by atoms with Crippen LogP contribution < -0.4 is 22.5 Å². The number of aliphatic hydroxyl groups excluding tert-OH is 1. The van der Waals surface area contributed by atoms with Crippen LogP contribution in [0.1, 0.15) is 46.5 Å². The number of aliphatic hydroxyl groups is 1. The van der Waals surface area contributed by atoms with Gasteiger partial charge in [-0.1, -0.05) is 12.1 Å². The Morgan fingerprint density at radius 1 is 0.589 bits per heavy atom. The molecule has 4 aromatic heterocycles. The smallest absolute Gasteiger partial charge is 0.416 e. The van der Waals surface area contributed by atoms with E-state index < -0.39 is 64.9 Å². The lowest BCUT2D eigenvalue weighted by molar-refractivity contribution is -0.138. The predicted molar refractivity (Wildman–Crippen MR) is 251 cm³/mol. The summed E-state index contributed by atoms with van der Waals surface area (Å²) in [5.74, 6) is -1.26. The minimum absolute atomic E-state index is 0.0382. The second kappa shape index (κ2) is 20.9. The summed E-state index contributed by atoms with van der Waals surface area (Å²) in [6.45, 7) is 1.97. The van der Waals surface area contributed by atoms with E-state index in [-0.39, 0.29) is 59.2 Å². The molecule has 17 nitrogen and oxygen atoms in total. The minimum Gasteiger partial charge on any atom is -0.481 e. The fourth-order valence-corrected chi connectivity index (χ4v) is 7.93. The Balaban J connectivity index is 0.000000214. The van der Waals surface area contributed by atoms with Crippen molar-refractivity contribution in [3.63, 3.8) is 0 Å². The largest absolute Gasteiger partial charge is 0.481 e. The molecule has 0 atom stereocenters. The van der Waals surface area contributed by atoms with Crippen molar-refractivity contribution in [2.75, 3.05) is 6.61 Å². The molecule has 0 spiro atoms. The molecule has 73 heavy (non-hydrogen) atoms. The number of carboxylic acids is 1. The van der Waals surface area contributed by atoms with Gasteiger partial charge in [0.1, 0.15) is 0 Å². The van der Waals surface area contributed by atoms with E-state index in [1.54, 1.807) is 54.6 Å². The van der Waals surface area contributed by atoms with Crippen LogP contribution in [0.3, 0.4) is 0 Å². The first-order chi connectivity index (χ1) is 34.7. The molecule has 0 aliphatic rings. The van der Waals surface area contributed by atoms with Gasteiger partial charge in [-0.2, -0.15) is 47.1 Å². The molecule has 0 saturated heterocycles. The number of nitriles is 2. The Labute approximate surface area is 407 Å². The van der Waals surface area contributed by atoms with E-state index in [2.05, 4.69) is 10.2 Å². The van der Waals surface area contributed by atoms with Gasteiger partial charge >= 0.3 is 29.7 Å². The molecule has 8 aromatic rings. The average molecular weight is 1000 g/mol. The third kappa shape index (κ3) is 10.6. The maximum Gasteiger partial charge on any atom is 0.416 e. The highest BCUT2D eigenvalue weighted by Gasteiger charge is 2.33. The van der Waals surface area contributed by atoms with Gasteiger partial charge in [-0.15, -0.1) is 0 Å². The van der Waals surface area contributed by atoms with E-state index in [1.807, 2.05) is 12.1 Å². The van der Waals surface area contributed by atoms with Crippen molar-refractivity contribution in [1.29, 1.82) is 10.5 Å². The molecule has 4 heterocycles. The van der Waals surface area contributed by atoms with Gasteiger partial charge in [0.25, 0.3) is 11.1 Å². The van der Waals surface area contributed by atoms with Crippen molar-refractivity contribution in [2.24, 2.45) is 0 Å². The predicted octanol–water partition coefficient (Wildman–Crippen LogP) is 6.96. The van der Waals surface area contributed by atoms with Crippen molar-refractivity contribution in [3.8, 4) is 57.4 Å². The van der Waals surface area contributed by atoms with E-state index in [9.17, 15) is 55.4 Å². The third-order valence-corrected chi connectivity index (χ3v) is 11.4. The quantitative estimate of drug-likeness (QED) is 0.119. The number of rotatable bonds is 12. The molecule has 0 fully saturated rings. The Kier molecular flexibility index (Phi) is 14.8. The molecule has 4 aromatic carbocycles. The number of alkyl halides is 6. The summed E-state index contributed by atoms with van der Waals surface area (Å²) in [6.07, 6.45) is -6.93. The summed E-state index contributed by atoms with van der Waals surface area (Å²) in [5, 5.41) is 45.0. The highest BCUT2D eigenvalue weighted by molar-refractivity contribution is 5.67. The second-order valence-electron chi connectivity index (χ2n) is 16.0. The van der Waals surface area contributed by atoms with E-state index in [4.69, 9.17) is 15.6 Å². The van der Waals surface area contributed by atoms with Crippen LogP contribution in [0.5, 0.6) is 0 Å². The zero-order valence-electron chi connectivity index (χ0n) is 38.3. The zero-order chi connectivity index (χ0) is 52.9. The van der Waals surface area contributed by atoms with Crippen molar-refractivity contribution in [2.45, 2.75) is 52.1 Å². The molecule has 23 heteroatoms. The molecule has 2 N–H and O–H groups in total. The molecule has 0 saturated carbocycles. The number of benzene rings is 4. The number of nitrogens with zero attached hydrogens (tertiary/aromatic N) is 10. The van der Waals surface area contributed by atoms with Crippen LogP contribution in [-0.2, 0) is 30.2 Å². The minimum atomic E-state index is -4.68. The van der Waals surface area contributed by atoms with Gasteiger partial charge in [0.05, 0.1) is 98.5 Å². The SMILES string of the molecule is Cc1c(-c2ccnn2-c2ccc(C#N)cc2)c(=O)n(CCC(=O)O)c(=O)n1-c1cccc(C(F)(F)F)c1.Cc1c(-c2ccnn2-c2ccc(C#N)cc2)c(=O)n(CCCO)c(=O)n1-c1cccc(C(F)(F)F)c1. The van der Waals surface area contributed by atoms with Crippen LogP contribution >= 0.6 is 0 Å². The van der Waals surface area contributed by atoms with Crippen LogP contribution in [0.2, 0.25) is 0 Å². The summed E-state index contributed by atoms with van der Waals surface area (Å²) in [6, 6.07) is 28.1. The molecule has 0 aliphatic carbocycles. The van der Waals surface area contributed by atoms with Crippen LogP contribution in [0.4, 0.5) is 26.3 Å². The second-order valence-corrected chi connectivity index (χ2v) is 16.0. The van der Waals surface area contributed by atoms with Crippen molar-refractivity contribution in [3.05, 3.63) is 197 Å². The number of hydrogen-bond donors (Lipinski definition) is 2. The van der Waals surface area contributed by atoms with Crippen LogP contribution in [-0.4, -0.2) is 60.6 Å². The average Bonchev–Trinajstić information content (AvgIpc) is 4.05. The molecule has 0 radical (unpaired) electrons. The monoisotopic (exact) mass is 1000 g/mol. The lowest BCUT2D eigenvalue weighted by atomic mass is 10.1. The summed E-state index contributed by atoms with van der Waals surface area (Å²) < 4.78 is 86.8. The van der Waals surface area contributed by atoms with Gasteiger partial charge in [0.2, 0.25) is 0 Å². The Hall–Kier alpha value is -9.35. The number of aromatic nitrogens is 8. The standard InChI is InChI=1S/C25H18F3N5O4.C25H20F3N5O3/c1-15-22(20-9-11-30-33(20)18-7-5-16(14-29)6-8-18)23(36)31(12-10-21(34)35)24(37)32(15)19-4-2-3-17(13-19)25(26,27)28;1-16-22(21-10-11-30-33(21)19-8-6-17(15-29)7-9-19)23(35)31(12-3-13-34)24(36)32(16)20-5-2-4-18(14-20)25(26,27)28/h2-9,11,13H,10,12H2,1H3,(H,34,35);2,4-11,14,34H,3,12-13H2,1H3. The van der Waals surface area contributed by atoms with Crippen molar-refractivity contribution < 1.29 is 41.4 Å². The third-order valence-electron chi connectivity index (χ3n) is 11.4. The van der Waals surface area contributed by atoms with Gasteiger partial charge in [-0.25, -0.2) is 19.0 Å². The maximum absolute atomic E-state index is 13.5. The van der Waals surface area contributed by atoms with Gasteiger partial charge in [-0.3, -0.25) is 32.7 Å². The molecule has 8 rings (SSSR count). The van der Waals surface area contributed by atoms with Gasteiger partial charge < -0.3 is 10.2 Å². The number of carboxylic acid groups (broad SMARTS) is 1. The molecule has 0 amide bonds. The fraction of sp³-hybridized carbons (Fsp3) is 0.180. The highest BCUT2D eigenvalue weighted by Crippen LogP contribution is 2.33. The Morgan fingerprint density at radius 3 is 1.34 bits per heavy atom. The first-order valence-electron chi connectivity index (χ1n) is 21.7. The van der Waals surface area contributed by atoms with Crippen molar-refractivity contribution in [1.82, 2.24) is 37.8 Å². The summed E-state index contributed by atoms with van der Waals surface area (Å²) >= 11 is 0. The lowest BCUT2D eigenvalue weighted by Crippen LogP contribution is -2.42. The normalized spacial score (nSPS) is 11.4. The summed E-state index contributed by atoms with van der Waals surface area (Å²) in [4.78, 5) is 64.9. The van der Waals surface area contributed by atoms with E-state index in [1.165, 1.54) is 59.9 Å². The lowest BCUT2D eigenvalue weighted by Gasteiger charge is -2.19. The van der Waals surface area contributed by atoms with Gasteiger partial charge in [-0.05, 0) is 117 Å².